The molecule has 2 amide bonds. The van der Waals surface area contributed by atoms with Crippen molar-refractivity contribution in [1.29, 1.82) is 0 Å². The predicted octanol–water partition coefficient (Wildman–Crippen LogP) is 3.58. The second kappa shape index (κ2) is 13.3. The first-order valence-corrected chi connectivity index (χ1v) is 11.4. The zero-order chi connectivity index (χ0) is 25.8. The van der Waals surface area contributed by atoms with Gasteiger partial charge in [-0.3, -0.25) is 9.59 Å². The van der Waals surface area contributed by atoms with Gasteiger partial charge in [-0.1, -0.05) is 0 Å². The van der Waals surface area contributed by atoms with E-state index >= 15 is 0 Å². The summed E-state index contributed by atoms with van der Waals surface area (Å²) in [6, 6.07) is 19.9. The lowest BCUT2D eigenvalue weighted by molar-refractivity contribution is -0.120. The van der Waals surface area contributed by atoms with Gasteiger partial charge >= 0.3 is 5.97 Å². The molecule has 0 aromatic heterocycles. The molecule has 0 saturated heterocycles. The van der Waals surface area contributed by atoms with Crippen molar-refractivity contribution in [3.8, 4) is 17.2 Å². The number of amides is 2. The summed E-state index contributed by atoms with van der Waals surface area (Å²) in [7, 11) is 0. The molecule has 0 unspecified atom stereocenters. The van der Waals surface area contributed by atoms with Crippen LogP contribution in [0.1, 0.15) is 40.1 Å². The van der Waals surface area contributed by atoms with Crippen molar-refractivity contribution in [2.75, 3.05) is 19.8 Å². The molecule has 3 aromatic carbocycles. The fourth-order valence-corrected chi connectivity index (χ4v) is 2.99. The summed E-state index contributed by atoms with van der Waals surface area (Å²) < 4.78 is 16.1. The first-order chi connectivity index (χ1) is 17.5. The molecule has 0 heterocycles. The average Bonchev–Trinajstić information content (AvgIpc) is 2.89. The van der Waals surface area contributed by atoms with Crippen molar-refractivity contribution in [2.45, 2.75) is 13.8 Å². The second-order valence-electron chi connectivity index (χ2n) is 7.35. The second-order valence-corrected chi connectivity index (χ2v) is 7.35. The minimum Gasteiger partial charge on any atom is -0.494 e. The number of hydrazone groups is 1. The number of carbonyl (C=O) groups is 3. The number of hydrogen-bond acceptors (Lipinski definition) is 7. The highest BCUT2D eigenvalue weighted by Crippen LogP contribution is 2.16. The first-order valence-electron chi connectivity index (χ1n) is 11.4. The normalized spacial score (nSPS) is 10.5. The Labute approximate surface area is 209 Å². The quantitative estimate of drug-likeness (QED) is 0.184. The van der Waals surface area contributed by atoms with E-state index in [-0.39, 0.29) is 12.5 Å². The Morgan fingerprint density at radius 2 is 1.28 bits per heavy atom. The van der Waals surface area contributed by atoms with Crippen molar-refractivity contribution in [3.05, 3.63) is 89.5 Å². The summed E-state index contributed by atoms with van der Waals surface area (Å²) in [6.07, 6.45) is 1.43. The number of ether oxygens (including phenoxy) is 3. The van der Waals surface area contributed by atoms with Crippen LogP contribution in [0, 0.1) is 0 Å². The van der Waals surface area contributed by atoms with Crippen LogP contribution in [0.4, 0.5) is 0 Å². The van der Waals surface area contributed by atoms with E-state index in [4.69, 9.17) is 14.2 Å². The number of nitrogens with zero attached hydrogens (tertiary/aromatic N) is 1. The average molecular weight is 490 g/mol. The van der Waals surface area contributed by atoms with Crippen molar-refractivity contribution in [1.82, 2.24) is 10.7 Å². The molecule has 9 heteroatoms. The van der Waals surface area contributed by atoms with Gasteiger partial charge in [0.25, 0.3) is 11.8 Å². The minimum absolute atomic E-state index is 0.232. The molecule has 9 nitrogen and oxygen atoms in total. The highest BCUT2D eigenvalue weighted by atomic mass is 16.5. The van der Waals surface area contributed by atoms with Crippen LogP contribution in [-0.2, 0) is 4.79 Å². The molecule has 0 fully saturated rings. The highest BCUT2D eigenvalue weighted by Gasteiger charge is 2.09. The SMILES string of the molecule is CCOc1ccc(C(=O)NCC(=O)N/N=C/c2ccc(OC(=O)c3ccc(OCC)cc3)cc2)cc1. The van der Waals surface area contributed by atoms with Crippen LogP contribution in [0.2, 0.25) is 0 Å². The standard InChI is InChI=1S/C27H27N3O6/c1-3-34-22-13-7-20(8-14-22)26(32)28-18-25(31)30-29-17-19-5-11-24(12-6-19)36-27(33)21-9-15-23(16-10-21)35-4-2/h5-17H,3-4,18H2,1-2H3,(H,28,32)(H,30,31)/b29-17+. The molecule has 0 spiro atoms. The van der Waals surface area contributed by atoms with Crippen LogP contribution in [0.15, 0.2) is 77.9 Å². The summed E-state index contributed by atoms with van der Waals surface area (Å²) in [5.41, 5.74) is 3.84. The monoisotopic (exact) mass is 489 g/mol. The highest BCUT2D eigenvalue weighted by molar-refractivity contribution is 5.96. The van der Waals surface area contributed by atoms with Crippen LogP contribution < -0.4 is 25.0 Å². The molecule has 3 aromatic rings. The lowest BCUT2D eigenvalue weighted by atomic mass is 10.2. The molecule has 0 radical (unpaired) electrons. The smallest absolute Gasteiger partial charge is 0.343 e. The number of rotatable bonds is 11. The molecule has 0 aliphatic rings. The van der Waals surface area contributed by atoms with E-state index < -0.39 is 11.9 Å². The number of benzene rings is 3. The Morgan fingerprint density at radius 1 is 0.750 bits per heavy atom. The Kier molecular flexibility index (Phi) is 9.58. The molecule has 0 saturated carbocycles. The van der Waals surface area contributed by atoms with E-state index in [0.717, 1.165) is 0 Å². The largest absolute Gasteiger partial charge is 0.494 e. The van der Waals surface area contributed by atoms with E-state index in [1.165, 1.54) is 6.21 Å². The van der Waals surface area contributed by atoms with Gasteiger partial charge in [-0.15, -0.1) is 0 Å². The zero-order valence-corrected chi connectivity index (χ0v) is 20.0. The molecule has 186 valence electrons. The van der Waals surface area contributed by atoms with Gasteiger partial charge in [0.15, 0.2) is 0 Å². The maximum atomic E-state index is 12.3. The van der Waals surface area contributed by atoms with Gasteiger partial charge in [-0.25, -0.2) is 10.2 Å². The third-order valence-corrected chi connectivity index (χ3v) is 4.73. The Morgan fingerprint density at radius 3 is 1.83 bits per heavy atom. The van der Waals surface area contributed by atoms with Crippen LogP contribution in [0.3, 0.4) is 0 Å². The van der Waals surface area contributed by atoms with E-state index in [0.29, 0.717) is 47.2 Å². The van der Waals surface area contributed by atoms with Gasteiger partial charge in [0.05, 0.1) is 31.5 Å². The molecule has 0 bridgehead atoms. The topological polar surface area (TPSA) is 115 Å². The van der Waals surface area contributed by atoms with Gasteiger partial charge < -0.3 is 19.5 Å². The van der Waals surface area contributed by atoms with Crippen molar-refractivity contribution in [2.24, 2.45) is 5.10 Å². The number of esters is 1. The third-order valence-electron chi connectivity index (χ3n) is 4.73. The Hall–Kier alpha value is -4.66. The fourth-order valence-electron chi connectivity index (χ4n) is 2.99. The summed E-state index contributed by atoms with van der Waals surface area (Å²) in [4.78, 5) is 36.4. The molecule has 0 aliphatic heterocycles. The van der Waals surface area contributed by atoms with Crippen LogP contribution in [0.5, 0.6) is 17.2 Å². The third kappa shape index (κ3) is 7.98. The number of carbonyl (C=O) groups excluding carboxylic acids is 3. The summed E-state index contributed by atoms with van der Waals surface area (Å²) in [6.45, 7) is 4.61. The summed E-state index contributed by atoms with van der Waals surface area (Å²) in [5.74, 6) is 0.366. The first kappa shape index (κ1) is 26.0. The molecule has 2 N–H and O–H groups in total. The zero-order valence-electron chi connectivity index (χ0n) is 20.0. The summed E-state index contributed by atoms with van der Waals surface area (Å²) in [5, 5.41) is 6.40. The molecule has 0 aliphatic carbocycles. The Bertz CT molecular complexity index is 1190. The molecule has 36 heavy (non-hydrogen) atoms. The van der Waals surface area contributed by atoms with Crippen molar-refractivity contribution in [3.63, 3.8) is 0 Å². The van der Waals surface area contributed by atoms with Gasteiger partial charge in [-0.2, -0.15) is 5.10 Å². The van der Waals surface area contributed by atoms with E-state index in [9.17, 15) is 14.4 Å². The van der Waals surface area contributed by atoms with Gasteiger partial charge in [-0.05, 0) is 92.2 Å². The van der Waals surface area contributed by atoms with Crippen molar-refractivity contribution >= 4 is 24.0 Å². The van der Waals surface area contributed by atoms with E-state index in [1.807, 2.05) is 13.8 Å². The van der Waals surface area contributed by atoms with Gasteiger partial charge in [0.1, 0.15) is 17.2 Å². The fraction of sp³-hybridized carbons (Fsp3) is 0.185. The molecule has 3 rings (SSSR count). The lowest BCUT2D eigenvalue weighted by Crippen LogP contribution is -2.34. The maximum absolute atomic E-state index is 12.3. The number of nitrogens with one attached hydrogen (secondary N) is 2. The molecular formula is C27H27N3O6. The van der Waals surface area contributed by atoms with E-state index in [2.05, 4.69) is 15.8 Å². The van der Waals surface area contributed by atoms with Crippen molar-refractivity contribution < 1.29 is 28.6 Å². The van der Waals surface area contributed by atoms with E-state index in [1.54, 1.807) is 72.8 Å². The van der Waals surface area contributed by atoms with Crippen LogP contribution in [0.25, 0.3) is 0 Å². The maximum Gasteiger partial charge on any atom is 0.343 e. The Balaban J connectivity index is 1.42. The molecule has 0 atom stereocenters. The lowest BCUT2D eigenvalue weighted by Gasteiger charge is -2.06. The predicted molar refractivity (Wildman–Crippen MR) is 135 cm³/mol. The van der Waals surface area contributed by atoms with Crippen LogP contribution >= 0.6 is 0 Å². The minimum atomic E-state index is -0.487. The van der Waals surface area contributed by atoms with Crippen LogP contribution in [-0.4, -0.2) is 43.8 Å². The number of hydrogen-bond donors (Lipinski definition) is 2. The van der Waals surface area contributed by atoms with Gasteiger partial charge in [0.2, 0.25) is 0 Å². The van der Waals surface area contributed by atoms with Gasteiger partial charge in [0, 0.05) is 5.56 Å². The summed E-state index contributed by atoms with van der Waals surface area (Å²) >= 11 is 0. The molecular weight excluding hydrogens is 462 g/mol.